The number of carbonyl (C=O) groups is 1. The second-order valence-corrected chi connectivity index (χ2v) is 9.45. The third-order valence-electron chi connectivity index (χ3n) is 4.67. The molecule has 2 heteroatoms. The summed E-state index contributed by atoms with van der Waals surface area (Å²) in [5.74, 6) is -0.255. The Morgan fingerprint density at radius 2 is 1.63 bits per heavy atom. The maximum atomic E-state index is 12.9. The van der Waals surface area contributed by atoms with Crippen LogP contribution in [0.5, 0.6) is 0 Å². The van der Waals surface area contributed by atoms with Crippen LogP contribution in [0.2, 0.25) is 0 Å². The van der Waals surface area contributed by atoms with Crippen molar-refractivity contribution in [2.45, 2.75) is 61.0 Å². The molecule has 2 atom stereocenters. The van der Waals surface area contributed by atoms with Gasteiger partial charge in [-0.15, -0.1) is 0 Å². The zero-order valence-electron chi connectivity index (χ0n) is 18.1. The van der Waals surface area contributed by atoms with Crippen molar-refractivity contribution in [1.29, 1.82) is 0 Å². The van der Waals surface area contributed by atoms with E-state index in [1.807, 2.05) is 37.3 Å². The number of allylic oxidation sites excluding steroid dienone is 4. The van der Waals surface area contributed by atoms with Gasteiger partial charge in [0, 0.05) is 0 Å². The molecule has 1 rings (SSSR count). The Balaban J connectivity index is 2.94. The molecule has 1 aromatic carbocycles. The summed E-state index contributed by atoms with van der Waals surface area (Å²) in [5, 5.41) is 0. The smallest absolute Gasteiger partial charge is 0.310 e. The lowest BCUT2D eigenvalue weighted by atomic mass is 9.72. The van der Waals surface area contributed by atoms with Gasteiger partial charge in [-0.25, -0.2) is 0 Å². The quantitative estimate of drug-likeness (QED) is 0.377. The van der Waals surface area contributed by atoms with Crippen molar-refractivity contribution in [2.24, 2.45) is 16.7 Å². The molecule has 2 unspecified atom stereocenters. The molecule has 0 spiro atoms. The van der Waals surface area contributed by atoms with Crippen LogP contribution in [0.15, 0.2) is 55.7 Å². The van der Waals surface area contributed by atoms with Gasteiger partial charge in [-0.1, -0.05) is 97.2 Å². The van der Waals surface area contributed by atoms with Crippen molar-refractivity contribution in [3.8, 4) is 0 Å². The summed E-state index contributed by atoms with van der Waals surface area (Å²) in [6, 6.07) is 8.05. The fourth-order valence-electron chi connectivity index (χ4n) is 3.04. The minimum absolute atomic E-state index is 0.0699. The minimum Gasteiger partial charge on any atom is -0.458 e. The largest absolute Gasteiger partial charge is 0.458 e. The molecule has 0 aromatic heterocycles. The van der Waals surface area contributed by atoms with E-state index in [0.29, 0.717) is 0 Å². The van der Waals surface area contributed by atoms with Crippen LogP contribution in [0, 0.1) is 16.7 Å². The van der Waals surface area contributed by atoms with Gasteiger partial charge in [0.05, 0.1) is 5.92 Å². The van der Waals surface area contributed by atoms with Crippen LogP contribution in [-0.4, -0.2) is 5.97 Å². The Bertz CT molecular complexity index is 679. The van der Waals surface area contributed by atoms with E-state index in [0.717, 1.165) is 23.1 Å². The number of ether oxygens (including phenoxy) is 1. The van der Waals surface area contributed by atoms with Gasteiger partial charge < -0.3 is 4.74 Å². The number of carbonyl (C=O) groups excluding carboxylic acids is 1. The standard InChI is InChI=1S/C25H36O2/c1-10-12-19(11-2)21-15-13-20(14-16-21)18(3)27-23(26)22(25(7,8)9)17-24(4,5)6/h10-16,18,22H,1-2,17H2,3-9H3/b19-12+. The first kappa shape index (κ1) is 23.0. The predicted molar refractivity (Wildman–Crippen MR) is 116 cm³/mol. The molecule has 1 aromatic rings. The van der Waals surface area contributed by atoms with Gasteiger partial charge >= 0.3 is 5.97 Å². The third kappa shape index (κ3) is 7.21. The van der Waals surface area contributed by atoms with Crippen LogP contribution in [0.4, 0.5) is 0 Å². The molecule has 0 saturated carbocycles. The Morgan fingerprint density at radius 3 is 2.04 bits per heavy atom. The highest BCUT2D eigenvalue weighted by Crippen LogP contribution is 2.37. The van der Waals surface area contributed by atoms with Gasteiger partial charge in [-0.2, -0.15) is 0 Å². The van der Waals surface area contributed by atoms with Crippen molar-refractivity contribution in [2.75, 3.05) is 0 Å². The van der Waals surface area contributed by atoms with E-state index < -0.39 is 0 Å². The SMILES string of the molecule is C=C/C=C(\C=C)c1ccc(C(C)OC(=O)C(CC(C)(C)C)C(C)(C)C)cc1. The molecule has 0 saturated heterocycles. The van der Waals surface area contributed by atoms with Crippen LogP contribution in [0.1, 0.15) is 72.1 Å². The topological polar surface area (TPSA) is 26.3 Å². The molecule has 148 valence electrons. The highest BCUT2D eigenvalue weighted by molar-refractivity contribution is 5.75. The van der Waals surface area contributed by atoms with E-state index in [1.54, 1.807) is 12.2 Å². The van der Waals surface area contributed by atoms with Gasteiger partial charge in [-0.05, 0) is 40.9 Å². The molecule has 2 nitrogen and oxygen atoms in total. The van der Waals surface area contributed by atoms with Crippen LogP contribution in [0.3, 0.4) is 0 Å². The lowest BCUT2D eigenvalue weighted by Crippen LogP contribution is -2.34. The first-order valence-electron chi connectivity index (χ1n) is 9.65. The summed E-state index contributed by atoms with van der Waals surface area (Å²) < 4.78 is 5.86. The number of hydrogen-bond acceptors (Lipinski definition) is 2. The Kier molecular flexibility index (Phi) is 7.83. The van der Waals surface area contributed by atoms with Gasteiger partial charge in [-0.3, -0.25) is 4.79 Å². The fourth-order valence-corrected chi connectivity index (χ4v) is 3.04. The summed E-state index contributed by atoms with van der Waals surface area (Å²) in [4.78, 5) is 12.9. The van der Waals surface area contributed by atoms with Crippen molar-refractivity contribution in [3.63, 3.8) is 0 Å². The molecule has 27 heavy (non-hydrogen) atoms. The highest BCUT2D eigenvalue weighted by atomic mass is 16.5. The Labute approximate surface area is 166 Å². The first-order chi connectivity index (χ1) is 12.4. The summed E-state index contributed by atoms with van der Waals surface area (Å²) >= 11 is 0. The van der Waals surface area contributed by atoms with Crippen LogP contribution in [0.25, 0.3) is 5.57 Å². The zero-order valence-corrected chi connectivity index (χ0v) is 18.1. The van der Waals surface area contributed by atoms with E-state index in [1.165, 1.54) is 0 Å². The summed E-state index contributed by atoms with van der Waals surface area (Å²) in [5.41, 5.74) is 2.99. The lowest BCUT2D eigenvalue weighted by molar-refractivity contribution is -0.159. The number of hydrogen-bond donors (Lipinski definition) is 0. The number of rotatable bonds is 7. The molecule has 0 aliphatic rings. The average molecular weight is 369 g/mol. The molecule has 0 bridgehead atoms. The van der Waals surface area contributed by atoms with Gasteiger partial charge in [0.2, 0.25) is 0 Å². The second kappa shape index (κ2) is 9.21. The lowest BCUT2D eigenvalue weighted by Gasteiger charge is -2.34. The van der Waals surface area contributed by atoms with Gasteiger partial charge in [0.1, 0.15) is 6.10 Å². The summed E-state index contributed by atoms with van der Waals surface area (Å²) in [6.07, 6.45) is 5.99. The molecule has 0 amide bonds. The Morgan fingerprint density at radius 1 is 1.07 bits per heavy atom. The average Bonchev–Trinajstić information content (AvgIpc) is 2.56. The van der Waals surface area contributed by atoms with E-state index in [9.17, 15) is 4.79 Å². The maximum absolute atomic E-state index is 12.9. The van der Waals surface area contributed by atoms with Crippen molar-refractivity contribution >= 4 is 11.5 Å². The van der Waals surface area contributed by atoms with Crippen molar-refractivity contribution in [3.05, 3.63) is 66.8 Å². The normalized spacial score (nSPS) is 15.0. The van der Waals surface area contributed by atoms with Gasteiger partial charge in [0.15, 0.2) is 0 Å². The zero-order chi connectivity index (χ0) is 20.8. The van der Waals surface area contributed by atoms with Crippen molar-refractivity contribution in [1.82, 2.24) is 0 Å². The summed E-state index contributed by atoms with van der Waals surface area (Å²) in [7, 11) is 0. The molecule has 0 fully saturated rings. The minimum atomic E-state index is -0.285. The molecular formula is C25H36O2. The monoisotopic (exact) mass is 368 g/mol. The predicted octanol–water partition coefficient (Wildman–Crippen LogP) is 7.14. The van der Waals surface area contributed by atoms with Crippen LogP contribution in [-0.2, 0) is 9.53 Å². The Hall–Kier alpha value is -2.09. The molecule has 0 radical (unpaired) electrons. The number of benzene rings is 1. The van der Waals surface area contributed by atoms with E-state index >= 15 is 0 Å². The molecule has 0 aliphatic carbocycles. The van der Waals surface area contributed by atoms with E-state index in [-0.39, 0.29) is 28.8 Å². The molecule has 0 aliphatic heterocycles. The van der Waals surface area contributed by atoms with Crippen LogP contribution < -0.4 is 0 Å². The van der Waals surface area contributed by atoms with E-state index in [4.69, 9.17) is 4.74 Å². The first-order valence-corrected chi connectivity index (χ1v) is 9.65. The number of esters is 1. The summed E-state index contributed by atoms with van der Waals surface area (Å²) in [6.45, 7) is 22.3. The molecule has 0 N–H and O–H groups in total. The fraction of sp³-hybridized carbons (Fsp3) is 0.480. The van der Waals surface area contributed by atoms with Crippen molar-refractivity contribution < 1.29 is 9.53 Å². The third-order valence-corrected chi connectivity index (χ3v) is 4.67. The second-order valence-electron chi connectivity index (χ2n) is 9.45. The molecular weight excluding hydrogens is 332 g/mol. The van der Waals surface area contributed by atoms with E-state index in [2.05, 4.69) is 54.7 Å². The van der Waals surface area contributed by atoms with Gasteiger partial charge in [0.25, 0.3) is 0 Å². The van der Waals surface area contributed by atoms with Crippen LogP contribution >= 0.6 is 0 Å². The highest BCUT2D eigenvalue weighted by Gasteiger charge is 2.36. The molecule has 0 heterocycles. The maximum Gasteiger partial charge on any atom is 0.310 e.